The second-order valence-electron chi connectivity index (χ2n) is 8.33. The monoisotopic (exact) mass is 504 g/mol. The lowest BCUT2D eigenvalue weighted by Crippen LogP contribution is -2.51. The molecule has 0 saturated carbocycles. The van der Waals surface area contributed by atoms with Crippen LogP contribution in [0, 0.1) is 5.82 Å². The first-order valence-corrected chi connectivity index (χ1v) is 11.5. The number of carbonyl (C=O) groups excluding carboxylic acids is 2. The topological polar surface area (TPSA) is 113 Å². The summed E-state index contributed by atoms with van der Waals surface area (Å²) >= 11 is 6.23. The van der Waals surface area contributed by atoms with Gasteiger partial charge in [0.25, 0.3) is 11.7 Å². The van der Waals surface area contributed by atoms with E-state index in [1.807, 2.05) is 35.2 Å². The van der Waals surface area contributed by atoms with E-state index in [2.05, 4.69) is 25.3 Å². The molecule has 0 bridgehead atoms. The van der Waals surface area contributed by atoms with Gasteiger partial charge in [0, 0.05) is 37.8 Å². The molecule has 0 radical (unpaired) electrons. The van der Waals surface area contributed by atoms with Crippen LogP contribution >= 0.6 is 11.6 Å². The Morgan fingerprint density at radius 2 is 1.89 bits per heavy atom. The quantitative estimate of drug-likeness (QED) is 0.227. The van der Waals surface area contributed by atoms with Crippen LogP contribution in [0.15, 0.2) is 55.1 Å². The second-order valence-corrected chi connectivity index (χ2v) is 8.72. The molecule has 6 rings (SSSR count). The molecule has 0 aliphatic carbocycles. The number of amides is 1. The number of hydrogen-bond donors (Lipinski definition) is 1. The van der Waals surface area contributed by atoms with Gasteiger partial charge in [-0.1, -0.05) is 41.1 Å². The number of aromatic amines is 1. The van der Waals surface area contributed by atoms with Crippen molar-refractivity contribution in [3.63, 3.8) is 0 Å². The average Bonchev–Trinajstić information content (AvgIpc) is 3.59. The number of halogens is 2. The number of fused-ring (bicyclic) bond motifs is 2. The summed E-state index contributed by atoms with van der Waals surface area (Å²) in [7, 11) is 0. The molecule has 0 atom stereocenters. The molecule has 5 heterocycles. The van der Waals surface area contributed by atoms with Gasteiger partial charge in [-0.25, -0.2) is 19.0 Å². The standard InChI is InChI=1S/C24H18ClFN8O2/c25-18-11-14-3-1-2-4-15(14)22(30-18)32-7-9-33(10-8-32)24(36)21(35)16-12-27-20-19(16)17(26)13-28-23(20)34-6-5-29-31-34/h1-6,11-13,27H,7-10H2. The Labute approximate surface area is 208 Å². The molecule has 1 fully saturated rings. The van der Waals surface area contributed by atoms with Crippen LogP contribution < -0.4 is 4.90 Å². The first-order chi connectivity index (χ1) is 17.5. The summed E-state index contributed by atoms with van der Waals surface area (Å²) in [5, 5.41) is 9.91. The zero-order valence-corrected chi connectivity index (χ0v) is 19.5. The number of nitrogens with zero attached hydrogens (tertiary/aromatic N) is 7. The van der Waals surface area contributed by atoms with Crippen LogP contribution in [0.4, 0.5) is 10.2 Å². The summed E-state index contributed by atoms with van der Waals surface area (Å²) < 4.78 is 16.1. The predicted octanol–water partition coefficient (Wildman–Crippen LogP) is 3.02. The summed E-state index contributed by atoms with van der Waals surface area (Å²) in [4.78, 5) is 41.2. The van der Waals surface area contributed by atoms with Crippen molar-refractivity contribution in [2.24, 2.45) is 0 Å². The molecule has 1 aliphatic rings. The molecular formula is C24H18ClFN8O2. The molecule has 1 aliphatic heterocycles. The van der Waals surface area contributed by atoms with Gasteiger partial charge < -0.3 is 14.8 Å². The van der Waals surface area contributed by atoms with Crippen molar-refractivity contribution in [2.75, 3.05) is 31.1 Å². The van der Waals surface area contributed by atoms with E-state index in [0.29, 0.717) is 31.3 Å². The summed E-state index contributed by atoms with van der Waals surface area (Å²) in [6.45, 7) is 1.56. The van der Waals surface area contributed by atoms with Crippen molar-refractivity contribution in [1.82, 2.24) is 34.8 Å². The molecule has 0 spiro atoms. The molecule has 4 aromatic heterocycles. The van der Waals surface area contributed by atoms with E-state index in [0.717, 1.165) is 22.8 Å². The number of anilines is 1. The fourth-order valence-electron chi connectivity index (χ4n) is 4.54. The van der Waals surface area contributed by atoms with Gasteiger partial charge in [0.2, 0.25) is 0 Å². The van der Waals surface area contributed by atoms with Crippen molar-refractivity contribution >= 4 is 50.8 Å². The summed E-state index contributed by atoms with van der Waals surface area (Å²) in [5.74, 6) is -1.20. The third-order valence-electron chi connectivity index (χ3n) is 6.28. The van der Waals surface area contributed by atoms with Crippen molar-refractivity contribution < 1.29 is 14.0 Å². The molecule has 1 N–H and O–H groups in total. The Morgan fingerprint density at radius 1 is 1.08 bits per heavy atom. The number of pyridine rings is 2. The van der Waals surface area contributed by atoms with Crippen LogP contribution in [-0.2, 0) is 4.79 Å². The number of H-pyrrole nitrogens is 1. The fraction of sp³-hybridized carbons (Fsp3) is 0.167. The fourth-order valence-corrected chi connectivity index (χ4v) is 4.74. The molecule has 0 unspecified atom stereocenters. The number of carbonyl (C=O) groups is 2. The minimum atomic E-state index is -0.796. The number of benzene rings is 1. The lowest BCUT2D eigenvalue weighted by atomic mass is 10.1. The van der Waals surface area contributed by atoms with Crippen molar-refractivity contribution in [3.05, 3.63) is 71.7 Å². The third kappa shape index (κ3) is 3.64. The Kier molecular flexibility index (Phi) is 5.33. The zero-order chi connectivity index (χ0) is 24.8. The molecule has 1 amide bonds. The lowest BCUT2D eigenvalue weighted by Gasteiger charge is -2.35. The maximum Gasteiger partial charge on any atom is 0.295 e. The molecular weight excluding hydrogens is 487 g/mol. The van der Waals surface area contributed by atoms with Crippen LogP contribution in [0.3, 0.4) is 0 Å². The van der Waals surface area contributed by atoms with Gasteiger partial charge in [0.05, 0.1) is 35.1 Å². The van der Waals surface area contributed by atoms with Gasteiger partial charge in [-0.3, -0.25) is 9.59 Å². The minimum absolute atomic E-state index is 0.0120. The Morgan fingerprint density at radius 3 is 2.67 bits per heavy atom. The summed E-state index contributed by atoms with van der Waals surface area (Å²) in [5.41, 5.74) is 0.196. The van der Waals surface area contributed by atoms with Crippen LogP contribution in [0.5, 0.6) is 0 Å². The van der Waals surface area contributed by atoms with Crippen LogP contribution in [0.1, 0.15) is 10.4 Å². The molecule has 12 heteroatoms. The van der Waals surface area contributed by atoms with Gasteiger partial charge in [-0.05, 0) is 11.5 Å². The van der Waals surface area contributed by atoms with Gasteiger partial charge in [0.1, 0.15) is 11.0 Å². The van der Waals surface area contributed by atoms with E-state index in [4.69, 9.17) is 11.6 Å². The number of ketones is 1. The molecule has 36 heavy (non-hydrogen) atoms. The highest BCUT2D eigenvalue weighted by molar-refractivity contribution is 6.45. The Bertz CT molecular complexity index is 1630. The molecule has 10 nitrogen and oxygen atoms in total. The van der Waals surface area contributed by atoms with Gasteiger partial charge in [-0.15, -0.1) is 5.10 Å². The highest BCUT2D eigenvalue weighted by Crippen LogP contribution is 2.29. The van der Waals surface area contributed by atoms with E-state index < -0.39 is 17.5 Å². The van der Waals surface area contributed by atoms with Crippen molar-refractivity contribution in [3.8, 4) is 5.82 Å². The number of Topliss-reactive ketones (excluding diaryl/α,β-unsaturated/α-hetero) is 1. The number of rotatable bonds is 4. The van der Waals surface area contributed by atoms with Crippen LogP contribution in [0.2, 0.25) is 5.15 Å². The van der Waals surface area contributed by atoms with Crippen molar-refractivity contribution in [2.45, 2.75) is 0 Å². The molecule has 180 valence electrons. The van der Waals surface area contributed by atoms with E-state index >= 15 is 0 Å². The van der Waals surface area contributed by atoms with E-state index in [-0.39, 0.29) is 22.3 Å². The highest BCUT2D eigenvalue weighted by Gasteiger charge is 2.30. The summed E-state index contributed by atoms with van der Waals surface area (Å²) in [6.07, 6.45) is 5.32. The normalized spacial score (nSPS) is 14.1. The van der Waals surface area contributed by atoms with Gasteiger partial charge in [0.15, 0.2) is 11.6 Å². The molecule has 1 aromatic carbocycles. The van der Waals surface area contributed by atoms with E-state index in [9.17, 15) is 14.0 Å². The highest BCUT2D eigenvalue weighted by atomic mass is 35.5. The van der Waals surface area contributed by atoms with E-state index in [1.165, 1.54) is 22.0 Å². The maximum atomic E-state index is 14.7. The number of piperazine rings is 1. The van der Waals surface area contributed by atoms with Crippen molar-refractivity contribution in [1.29, 1.82) is 0 Å². The Balaban J connectivity index is 1.24. The lowest BCUT2D eigenvalue weighted by molar-refractivity contribution is -0.126. The maximum absolute atomic E-state index is 14.7. The third-order valence-corrected chi connectivity index (χ3v) is 6.47. The number of nitrogens with one attached hydrogen (secondary N) is 1. The zero-order valence-electron chi connectivity index (χ0n) is 18.7. The average molecular weight is 505 g/mol. The van der Waals surface area contributed by atoms with Crippen LogP contribution in [0.25, 0.3) is 27.5 Å². The molecule has 1 saturated heterocycles. The van der Waals surface area contributed by atoms with Crippen LogP contribution in [-0.4, -0.2) is 72.7 Å². The first-order valence-electron chi connectivity index (χ1n) is 11.2. The SMILES string of the molecule is O=C(C(=O)N1CCN(c2nc(Cl)cc3ccccc23)CC1)c1c[nH]c2c(-n3ccnn3)ncc(F)c12. The summed E-state index contributed by atoms with van der Waals surface area (Å²) in [6, 6.07) is 9.62. The number of aromatic nitrogens is 6. The Hall–Kier alpha value is -4.38. The largest absolute Gasteiger partial charge is 0.357 e. The van der Waals surface area contributed by atoms with E-state index in [1.54, 1.807) is 6.20 Å². The molecule has 5 aromatic rings. The minimum Gasteiger partial charge on any atom is -0.357 e. The van der Waals surface area contributed by atoms with Gasteiger partial charge in [-0.2, -0.15) is 0 Å². The second kappa shape index (κ2) is 8.68. The first kappa shape index (κ1) is 22.1. The predicted molar refractivity (Wildman–Crippen MR) is 131 cm³/mol. The van der Waals surface area contributed by atoms with Gasteiger partial charge >= 0.3 is 0 Å². The number of hydrogen-bond acceptors (Lipinski definition) is 7. The smallest absolute Gasteiger partial charge is 0.295 e.